The third-order valence-corrected chi connectivity index (χ3v) is 6.56. The van der Waals surface area contributed by atoms with E-state index in [2.05, 4.69) is 5.32 Å². The number of amides is 2. The smallest absolute Gasteiger partial charge is 0.330 e. The van der Waals surface area contributed by atoms with Crippen molar-refractivity contribution in [1.29, 1.82) is 0 Å². The Balaban J connectivity index is 1.58. The number of thioether (sulfide) groups is 1. The number of carbonyl (C=O) groups is 3. The van der Waals surface area contributed by atoms with Gasteiger partial charge < -0.3 is 15.0 Å². The predicted molar refractivity (Wildman–Crippen MR) is 101 cm³/mol. The Morgan fingerprint density at radius 2 is 2.15 bits per heavy atom. The maximum absolute atomic E-state index is 12.4. The number of fused-ring (bicyclic) bond motifs is 1. The molecule has 6 nitrogen and oxygen atoms in total. The molecule has 2 aliphatic heterocycles. The summed E-state index contributed by atoms with van der Waals surface area (Å²) in [5.41, 5.74) is 2.34. The average molecular weight is 397 g/mol. The lowest BCUT2D eigenvalue weighted by molar-refractivity contribution is -0.155. The van der Waals surface area contributed by atoms with Crippen LogP contribution < -0.4 is 5.32 Å². The predicted octanol–water partition coefficient (Wildman–Crippen LogP) is 2.89. The maximum atomic E-state index is 12.4. The minimum absolute atomic E-state index is 0.0361. The summed E-state index contributed by atoms with van der Waals surface area (Å²) >= 11 is 7.75. The first kappa shape index (κ1) is 19.0. The molecule has 0 aliphatic carbocycles. The molecule has 0 radical (unpaired) electrons. The summed E-state index contributed by atoms with van der Waals surface area (Å²) in [6.07, 6.45) is 1.17. The average Bonchev–Trinajstić information content (AvgIpc) is 3.05. The van der Waals surface area contributed by atoms with Gasteiger partial charge in [-0.05, 0) is 44.4 Å². The first-order valence-corrected chi connectivity index (χ1v) is 9.77. The summed E-state index contributed by atoms with van der Waals surface area (Å²) in [6.45, 7) is 5.31. The Hall–Kier alpha value is -1.73. The standard InChI is InChI=1S/C18H21ClN2O4S/c1-10-6-11(2)16(12(19)7-10)20-14(22)8-25-17(24)13-9-26-18(3)5-4-15(23)21(13)18/h6-7,13H,4-5,8-9H2,1-3H3,(H,20,22)/t13-,18-/m1/s1. The van der Waals surface area contributed by atoms with Crippen molar-refractivity contribution in [3.05, 3.63) is 28.3 Å². The van der Waals surface area contributed by atoms with E-state index in [0.717, 1.165) is 17.5 Å². The zero-order chi connectivity index (χ0) is 19.1. The van der Waals surface area contributed by atoms with Crippen LogP contribution in [0.2, 0.25) is 5.02 Å². The van der Waals surface area contributed by atoms with Gasteiger partial charge in [-0.15, -0.1) is 11.8 Å². The van der Waals surface area contributed by atoms with Crippen LogP contribution in [0, 0.1) is 13.8 Å². The van der Waals surface area contributed by atoms with Crippen LogP contribution in [0.3, 0.4) is 0 Å². The highest BCUT2D eigenvalue weighted by Gasteiger charge is 2.53. The number of carbonyl (C=O) groups excluding carboxylic acids is 3. The molecular formula is C18H21ClN2O4S. The molecule has 3 rings (SSSR count). The van der Waals surface area contributed by atoms with Gasteiger partial charge in [0, 0.05) is 12.2 Å². The van der Waals surface area contributed by atoms with E-state index in [4.69, 9.17) is 16.3 Å². The number of nitrogens with zero attached hydrogens (tertiary/aromatic N) is 1. The van der Waals surface area contributed by atoms with E-state index >= 15 is 0 Å². The van der Waals surface area contributed by atoms with Gasteiger partial charge in [0.25, 0.3) is 5.91 Å². The molecule has 2 aliphatic rings. The first-order chi connectivity index (χ1) is 12.2. The molecule has 0 unspecified atom stereocenters. The fourth-order valence-corrected chi connectivity index (χ4v) is 5.26. The van der Waals surface area contributed by atoms with Gasteiger partial charge in [0.1, 0.15) is 6.04 Å². The summed E-state index contributed by atoms with van der Waals surface area (Å²) in [5, 5.41) is 3.12. The third-order valence-electron chi connectivity index (χ3n) is 4.76. The SMILES string of the molecule is Cc1cc(C)c(NC(=O)COC(=O)[C@H]2CS[C@]3(C)CCC(=O)N23)c(Cl)c1. The highest BCUT2D eigenvalue weighted by Crippen LogP contribution is 2.47. The van der Waals surface area contributed by atoms with Gasteiger partial charge in [0.15, 0.2) is 6.61 Å². The van der Waals surface area contributed by atoms with Crippen molar-refractivity contribution >= 4 is 46.8 Å². The molecule has 0 saturated carbocycles. The molecular weight excluding hydrogens is 376 g/mol. The zero-order valence-electron chi connectivity index (χ0n) is 14.9. The van der Waals surface area contributed by atoms with Crippen LogP contribution in [-0.4, -0.2) is 46.0 Å². The van der Waals surface area contributed by atoms with Gasteiger partial charge in [-0.25, -0.2) is 4.79 Å². The molecule has 2 saturated heterocycles. The van der Waals surface area contributed by atoms with Crippen LogP contribution in [0.25, 0.3) is 0 Å². The molecule has 0 bridgehead atoms. The summed E-state index contributed by atoms with van der Waals surface area (Å²) in [6, 6.07) is 3.03. The molecule has 2 fully saturated rings. The van der Waals surface area contributed by atoms with E-state index in [1.54, 1.807) is 22.7 Å². The van der Waals surface area contributed by atoms with E-state index in [1.165, 1.54) is 0 Å². The normalized spacial score (nSPS) is 24.5. The number of anilines is 1. The molecule has 1 aromatic carbocycles. The fraction of sp³-hybridized carbons (Fsp3) is 0.500. The highest BCUT2D eigenvalue weighted by molar-refractivity contribution is 8.01. The van der Waals surface area contributed by atoms with E-state index in [1.807, 2.05) is 26.8 Å². The van der Waals surface area contributed by atoms with E-state index in [0.29, 0.717) is 22.9 Å². The molecule has 1 aromatic rings. The number of aryl methyl sites for hydroxylation is 2. The number of benzene rings is 1. The van der Waals surface area contributed by atoms with Crippen molar-refractivity contribution in [1.82, 2.24) is 4.90 Å². The zero-order valence-corrected chi connectivity index (χ0v) is 16.5. The lowest BCUT2D eigenvalue weighted by Crippen LogP contribution is -2.47. The second-order valence-corrected chi connectivity index (χ2v) is 8.77. The molecule has 140 valence electrons. The Morgan fingerprint density at radius 1 is 1.42 bits per heavy atom. The highest BCUT2D eigenvalue weighted by atomic mass is 35.5. The van der Waals surface area contributed by atoms with Crippen molar-refractivity contribution < 1.29 is 19.1 Å². The van der Waals surface area contributed by atoms with Gasteiger partial charge >= 0.3 is 5.97 Å². The van der Waals surface area contributed by atoms with Crippen molar-refractivity contribution in [3.8, 4) is 0 Å². The summed E-state index contributed by atoms with van der Waals surface area (Å²) in [7, 11) is 0. The third kappa shape index (κ3) is 3.55. The monoisotopic (exact) mass is 396 g/mol. The van der Waals surface area contributed by atoms with Crippen molar-refractivity contribution in [3.63, 3.8) is 0 Å². The quantitative estimate of drug-likeness (QED) is 0.792. The number of hydrogen-bond acceptors (Lipinski definition) is 5. The van der Waals surface area contributed by atoms with Gasteiger partial charge in [-0.1, -0.05) is 17.7 Å². The van der Waals surface area contributed by atoms with E-state index in [-0.39, 0.29) is 10.8 Å². The number of ether oxygens (including phenoxy) is 1. The largest absolute Gasteiger partial charge is 0.454 e. The van der Waals surface area contributed by atoms with Gasteiger partial charge in [0.05, 0.1) is 15.6 Å². The second kappa shape index (κ2) is 7.12. The van der Waals surface area contributed by atoms with Crippen LogP contribution in [0.5, 0.6) is 0 Å². The lowest BCUT2D eigenvalue weighted by atomic mass is 10.1. The van der Waals surface area contributed by atoms with Crippen LogP contribution in [0.4, 0.5) is 5.69 Å². The molecule has 2 atom stereocenters. The second-order valence-electron chi connectivity index (χ2n) is 6.86. The maximum Gasteiger partial charge on any atom is 0.330 e. The molecule has 8 heteroatoms. The molecule has 2 amide bonds. The molecule has 0 spiro atoms. The van der Waals surface area contributed by atoms with Gasteiger partial charge in [-0.2, -0.15) is 0 Å². The number of hydrogen-bond donors (Lipinski definition) is 1. The Kier molecular flexibility index (Phi) is 5.21. The lowest BCUT2D eigenvalue weighted by Gasteiger charge is -2.29. The van der Waals surface area contributed by atoms with E-state index < -0.39 is 24.5 Å². The van der Waals surface area contributed by atoms with E-state index in [9.17, 15) is 14.4 Å². The molecule has 2 heterocycles. The Morgan fingerprint density at radius 3 is 2.85 bits per heavy atom. The number of halogens is 1. The Bertz CT molecular complexity index is 761. The molecule has 1 N–H and O–H groups in total. The van der Waals surface area contributed by atoms with Crippen molar-refractivity contribution in [2.45, 2.75) is 44.5 Å². The summed E-state index contributed by atoms with van der Waals surface area (Å²) in [5.74, 6) is -0.552. The number of esters is 1. The van der Waals surface area contributed by atoms with Crippen LogP contribution in [0.1, 0.15) is 30.9 Å². The molecule has 0 aromatic heterocycles. The van der Waals surface area contributed by atoms with Gasteiger partial charge in [0.2, 0.25) is 5.91 Å². The first-order valence-electron chi connectivity index (χ1n) is 8.40. The van der Waals surface area contributed by atoms with Crippen LogP contribution >= 0.6 is 23.4 Å². The van der Waals surface area contributed by atoms with Gasteiger partial charge in [-0.3, -0.25) is 9.59 Å². The molecule has 26 heavy (non-hydrogen) atoms. The van der Waals surface area contributed by atoms with Crippen molar-refractivity contribution in [2.75, 3.05) is 17.7 Å². The minimum atomic E-state index is -0.627. The number of nitrogens with one attached hydrogen (secondary N) is 1. The van der Waals surface area contributed by atoms with Crippen LogP contribution in [0.15, 0.2) is 12.1 Å². The Labute approximate surface area is 161 Å². The van der Waals surface area contributed by atoms with Crippen LogP contribution in [-0.2, 0) is 19.1 Å². The number of rotatable bonds is 4. The summed E-state index contributed by atoms with van der Waals surface area (Å²) < 4.78 is 5.16. The van der Waals surface area contributed by atoms with Crippen molar-refractivity contribution in [2.24, 2.45) is 0 Å². The topological polar surface area (TPSA) is 75.7 Å². The minimum Gasteiger partial charge on any atom is -0.454 e. The fourth-order valence-electron chi connectivity index (χ4n) is 3.48. The summed E-state index contributed by atoms with van der Waals surface area (Å²) in [4.78, 5) is 37.9.